The molecule has 0 heterocycles. The Morgan fingerprint density at radius 1 is 1.35 bits per heavy atom. The number of nitrogens with one attached hydrogen (secondary N) is 1. The first-order chi connectivity index (χ1) is 9.44. The molecule has 0 aliphatic heterocycles. The molecule has 0 aromatic rings. The van der Waals surface area contributed by atoms with E-state index in [0.29, 0.717) is 26.0 Å². The SMILES string of the molecule is CCCC(CCC)(C(=O)NCCOC(C)C)C(N)=NO. The van der Waals surface area contributed by atoms with Crippen molar-refractivity contribution in [2.75, 3.05) is 13.2 Å². The molecule has 0 atom stereocenters. The topological polar surface area (TPSA) is 96.9 Å². The molecule has 0 spiro atoms. The minimum atomic E-state index is -0.921. The maximum atomic E-state index is 12.5. The van der Waals surface area contributed by atoms with Gasteiger partial charge >= 0.3 is 0 Å². The van der Waals surface area contributed by atoms with Crippen LogP contribution >= 0.6 is 0 Å². The second kappa shape index (κ2) is 9.58. The molecule has 4 N–H and O–H groups in total. The first-order valence-electron chi connectivity index (χ1n) is 7.32. The van der Waals surface area contributed by atoms with Crippen LogP contribution in [0.4, 0.5) is 0 Å². The fourth-order valence-corrected chi connectivity index (χ4v) is 2.30. The van der Waals surface area contributed by atoms with Gasteiger partial charge in [-0.15, -0.1) is 0 Å². The number of ether oxygens (including phenoxy) is 1. The van der Waals surface area contributed by atoms with E-state index in [1.54, 1.807) is 0 Å². The summed E-state index contributed by atoms with van der Waals surface area (Å²) in [7, 11) is 0. The van der Waals surface area contributed by atoms with Crippen molar-refractivity contribution in [1.29, 1.82) is 0 Å². The van der Waals surface area contributed by atoms with E-state index in [2.05, 4.69) is 10.5 Å². The number of carbonyl (C=O) groups is 1. The molecular weight excluding hydrogens is 258 g/mol. The second-order valence-corrected chi connectivity index (χ2v) is 5.24. The van der Waals surface area contributed by atoms with Crippen molar-refractivity contribution < 1.29 is 14.7 Å². The zero-order valence-electron chi connectivity index (χ0n) is 13.1. The van der Waals surface area contributed by atoms with Crippen LogP contribution in [0.25, 0.3) is 0 Å². The summed E-state index contributed by atoms with van der Waals surface area (Å²) in [4.78, 5) is 12.5. The highest BCUT2D eigenvalue weighted by Crippen LogP contribution is 2.30. The lowest BCUT2D eigenvalue weighted by molar-refractivity contribution is -0.128. The molecule has 0 fully saturated rings. The molecule has 0 saturated heterocycles. The predicted octanol–water partition coefficient (Wildman–Crippen LogP) is 1.86. The van der Waals surface area contributed by atoms with Crippen molar-refractivity contribution in [3.05, 3.63) is 0 Å². The Morgan fingerprint density at radius 3 is 2.30 bits per heavy atom. The van der Waals surface area contributed by atoms with Crippen LogP contribution in [0.3, 0.4) is 0 Å². The standard InChI is InChI=1S/C14H29N3O3/c1-5-7-14(8-6-2,12(15)17-19)13(18)16-9-10-20-11(3)4/h11,19H,5-10H2,1-4H3,(H2,15,17)(H,16,18). The minimum absolute atomic E-state index is 0.0107. The third-order valence-electron chi connectivity index (χ3n) is 3.23. The highest BCUT2D eigenvalue weighted by Gasteiger charge is 2.41. The fourth-order valence-electron chi connectivity index (χ4n) is 2.30. The summed E-state index contributed by atoms with van der Waals surface area (Å²) < 4.78 is 5.39. The minimum Gasteiger partial charge on any atom is -0.409 e. The van der Waals surface area contributed by atoms with Gasteiger partial charge in [-0.25, -0.2) is 0 Å². The highest BCUT2D eigenvalue weighted by atomic mass is 16.5. The van der Waals surface area contributed by atoms with E-state index in [1.807, 2.05) is 27.7 Å². The van der Waals surface area contributed by atoms with Crippen LogP contribution in [-0.2, 0) is 9.53 Å². The molecular formula is C14H29N3O3. The van der Waals surface area contributed by atoms with E-state index in [1.165, 1.54) is 0 Å². The third kappa shape index (κ3) is 5.36. The lowest BCUT2D eigenvalue weighted by Crippen LogP contribution is -2.50. The zero-order valence-corrected chi connectivity index (χ0v) is 13.1. The molecule has 20 heavy (non-hydrogen) atoms. The van der Waals surface area contributed by atoms with E-state index < -0.39 is 5.41 Å². The average molecular weight is 287 g/mol. The Bertz CT molecular complexity index is 311. The quantitative estimate of drug-likeness (QED) is 0.188. The number of amidine groups is 1. The van der Waals surface area contributed by atoms with Gasteiger partial charge in [0.1, 0.15) is 5.41 Å². The summed E-state index contributed by atoms with van der Waals surface area (Å²) >= 11 is 0. The van der Waals surface area contributed by atoms with E-state index >= 15 is 0 Å². The Balaban J connectivity index is 4.78. The Kier molecular flexibility index (Phi) is 8.96. The highest BCUT2D eigenvalue weighted by molar-refractivity contribution is 6.06. The Labute approximate surface area is 121 Å². The smallest absolute Gasteiger partial charge is 0.234 e. The molecule has 0 aromatic carbocycles. The van der Waals surface area contributed by atoms with Gasteiger partial charge in [0.05, 0.1) is 12.7 Å². The molecule has 0 bridgehead atoms. The maximum Gasteiger partial charge on any atom is 0.234 e. The van der Waals surface area contributed by atoms with Crippen molar-refractivity contribution in [3.63, 3.8) is 0 Å². The molecule has 0 aliphatic rings. The first-order valence-corrected chi connectivity index (χ1v) is 7.32. The molecule has 0 aliphatic carbocycles. The molecule has 118 valence electrons. The molecule has 0 unspecified atom stereocenters. The molecule has 0 aromatic heterocycles. The lowest BCUT2D eigenvalue weighted by atomic mass is 9.77. The number of carbonyl (C=O) groups excluding carboxylic acids is 1. The molecule has 6 nitrogen and oxygen atoms in total. The van der Waals surface area contributed by atoms with E-state index in [9.17, 15) is 4.79 Å². The van der Waals surface area contributed by atoms with Gasteiger partial charge < -0.3 is 21.0 Å². The fraction of sp³-hybridized carbons (Fsp3) is 0.857. The molecule has 6 heteroatoms. The summed E-state index contributed by atoms with van der Waals surface area (Å²) in [6, 6.07) is 0. The molecule has 0 rings (SSSR count). The number of oxime groups is 1. The van der Waals surface area contributed by atoms with Crippen LogP contribution in [0, 0.1) is 5.41 Å². The van der Waals surface area contributed by atoms with Gasteiger partial charge in [0.25, 0.3) is 0 Å². The average Bonchev–Trinajstić information content (AvgIpc) is 2.41. The lowest BCUT2D eigenvalue weighted by Gasteiger charge is -2.30. The summed E-state index contributed by atoms with van der Waals surface area (Å²) in [6.45, 7) is 8.71. The van der Waals surface area contributed by atoms with E-state index in [4.69, 9.17) is 15.7 Å². The summed E-state index contributed by atoms with van der Waals surface area (Å²) in [5, 5.41) is 14.9. The Hall–Kier alpha value is -1.30. The van der Waals surface area contributed by atoms with Crippen molar-refractivity contribution in [2.24, 2.45) is 16.3 Å². The van der Waals surface area contributed by atoms with Crippen molar-refractivity contribution in [2.45, 2.75) is 59.5 Å². The molecule has 0 saturated carbocycles. The number of nitrogens with zero attached hydrogens (tertiary/aromatic N) is 1. The second-order valence-electron chi connectivity index (χ2n) is 5.24. The van der Waals surface area contributed by atoms with E-state index in [0.717, 1.165) is 12.8 Å². The van der Waals surface area contributed by atoms with Crippen molar-refractivity contribution in [1.82, 2.24) is 5.32 Å². The van der Waals surface area contributed by atoms with Crippen molar-refractivity contribution in [3.8, 4) is 0 Å². The maximum absolute atomic E-state index is 12.5. The first kappa shape index (κ1) is 18.7. The molecule has 0 radical (unpaired) electrons. The van der Waals surface area contributed by atoms with Crippen LogP contribution in [0.2, 0.25) is 0 Å². The van der Waals surface area contributed by atoms with Gasteiger partial charge in [-0.1, -0.05) is 31.8 Å². The van der Waals surface area contributed by atoms with E-state index in [-0.39, 0.29) is 17.8 Å². The zero-order chi connectivity index (χ0) is 15.6. The van der Waals surface area contributed by atoms with Crippen LogP contribution in [0.15, 0.2) is 5.16 Å². The van der Waals surface area contributed by atoms with Crippen molar-refractivity contribution >= 4 is 11.7 Å². The predicted molar refractivity (Wildman–Crippen MR) is 79.8 cm³/mol. The Morgan fingerprint density at radius 2 is 1.90 bits per heavy atom. The summed E-state index contributed by atoms with van der Waals surface area (Å²) in [5.74, 6) is -0.202. The van der Waals surface area contributed by atoms with Crippen LogP contribution < -0.4 is 11.1 Å². The van der Waals surface area contributed by atoms with Crippen LogP contribution in [-0.4, -0.2) is 36.2 Å². The van der Waals surface area contributed by atoms with Crippen LogP contribution in [0.1, 0.15) is 53.4 Å². The monoisotopic (exact) mass is 287 g/mol. The number of hydrogen-bond donors (Lipinski definition) is 3. The number of rotatable bonds is 10. The van der Waals surface area contributed by atoms with Gasteiger partial charge in [-0.2, -0.15) is 0 Å². The summed E-state index contributed by atoms with van der Waals surface area (Å²) in [5.41, 5.74) is 4.87. The number of hydrogen-bond acceptors (Lipinski definition) is 4. The number of amides is 1. The largest absolute Gasteiger partial charge is 0.409 e. The van der Waals surface area contributed by atoms with Gasteiger partial charge in [0.15, 0.2) is 5.84 Å². The third-order valence-corrected chi connectivity index (χ3v) is 3.23. The van der Waals surface area contributed by atoms with Crippen LogP contribution in [0.5, 0.6) is 0 Å². The number of nitrogens with two attached hydrogens (primary N) is 1. The van der Waals surface area contributed by atoms with Gasteiger partial charge in [0, 0.05) is 6.54 Å². The van der Waals surface area contributed by atoms with Gasteiger partial charge in [-0.05, 0) is 26.7 Å². The normalized spacial score (nSPS) is 12.8. The van der Waals surface area contributed by atoms with Gasteiger partial charge in [-0.3, -0.25) is 4.79 Å². The van der Waals surface area contributed by atoms with Gasteiger partial charge in [0.2, 0.25) is 5.91 Å². The molecule has 1 amide bonds. The summed E-state index contributed by atoms with van der Waals surface area (Å²) in [6.07, 6.45) is 2.83.